The average Bonchev–Trinajstić information content (AvgIpc) is 3.19. The number of hydrogen-bond acceptors (Lipinski definition) is 4. The zero-order valence-corrected chi connectivity index (χ0v) is 20.0. The van der Waals surface area contributed by atoms with Gasteiger partial charge in [0.1, 0.15) is 12.4 Å². The van der Waals surface area contributed by atoms with Gasteiger partial charge in [-0.25, -0.2) is 4.99 Å². The molecule has 1 heterocycles. The van der Waals surface area contributed by atoms with Crippen molar-refractivity contribution in [1.82, 2.24) is 5.32 Å². The number of benzene rings is 4. The lowest BCUT2D eigenvalue weighted by atomic mass is 10.1. The number of ether oxygens (including phenoxy) is 1. The number of rotatable bonds is 5. The highest BCUT2D eigenvalue weighted by Gasteiger charge is 2.24. The van der Waals surface area contributed by atoms with Crippen molar-refractivity contribution in [2.45, 2.75) is 13.5 Å². The van der Waals surface area contributed by atoms with Crippen LogP contribution in [0.1, 0.15) is 16.7 Å². The summed E-state index contributed by atoms with van der Waals surface area (Å²) in [7, 11) is 0. The van der Waals surface area contributed by atoms with Gasteiger partial charge in [0.25, 0.3) is 5.91 Å². The van der Waals surface area contributed by atoms with E-state index < -0.39 is 0 Å². The maximum atomic E-state index is 12.4. The van der Waals surface area contributed by atoms with Gasteiger partial charge in [0.05, 0.1) is 10.6 Å². The van der Waals surface area contributed by atoms with Gasteiger partial charge in [0.15, 0.2) is 5.17 Å². The maximum Gasteiger partial charge on any atom is 0.264 e. The van der Waals surface area contributed by atoms with Crippen LogP contribution in [0.25, 0.3) is 16.8 Å². The molecule has 0 spiro atoms. The monoisotopic (exact) mass is 484 g/mol. The fraction of sp³-hybridized carbons (Fsp3) is 0.0714. The van der Waals surface area contributed by atoms with Crippen molar-refractivity contribution in [3.63, 3.8) is 0 Å². The van der Waals surface area contributed by atoms with Gasteiger partial charge in [-0.3, -0.25) is 4.79 Å². The van der Waals surface area contributed by atoms with Crippen molar-refractivity contribution in [2.24, 2.45) is 4.99 Å². The van der Waals surface area contributed by atoms with Crippen molar-refractivity contribution in [3.05, 3.63) is 112 Å². The van der Waals surface area contributed by atoms with Crippen LogP contribution in [0, 0.1) is 6.92 Å². The summed E-state index contributed by atoms with van der Waals surface area (Å²) in [5, 5.41) is 6.42. The molecule has 4 aromatic carbocycles. The molecule has 0 saturated carbocycles. The number of amidine groups is 1. The molecule has 0 aliphatic carbocycles. The first kappa shape index (κ1) is 22.3. The van der Waals surface area contributed by atoms with Crippen LogP contribution in [0.4, 0.5) is 5.69 Å². The standard InChI is InChI=1S/C28H21ClN2O2S/c1-18-24(29)7-4-8-25(18)30-28-31-27(32)26(34-28)16-19-10-13-23(14-11-19)33-17-20-9-12-21-5-2-3-6-22(21)15-20/h2-16H,17H2,1H3,(H,30,31,32)/b26-16+. The van der Waals surface area contributed by atoms with Crippen LogP contribution in [0.15, 0.2) is 94.8 Å². The van der Waals surface area contributed by atoms with Gasteiger partial charge < -0.3 is 10.1 Å². The molecule has 0 atom stereocenters. The Bertz CT molecular complexity index is 1440. The third-order valence-electron chi connectivity index (χ3n) is 5.51. The number of thioether (sulfide) groups is 1. The van der Waals surface area contributed by atoms with Gasteiger partial charge in [-0.15, -0.1) is 0 Å². The number of amides is 1. The summed E-state index contributed by atoms with van der Waals surface area (Å²) >= 11 is 7.48. The van der Waals surface area contributed by atoms with E-state index in [4.69, 9.17) is 16.3 Å². The van der Waals surface area contributed by atoms with Crippen LogP contribution in [-0.4, -0.2) is 11.1 Å². The fourth-order valence-electron chi connectivity index (χ4n) is 3.61. The molecule has 1 saturated heterocycles. The summed E-state index contributed by atoms with van der Waals surface area (Å²) in [6, 6.07) is 27.9. The first-order chi connectivity index (χ1) is 16.5. The number of aliphatic imine (C=N–C) groups is 1. The van der Waals surface area contributed by atoms with Gasteiger partial charge in [0, 0.05) is 5.02 Å². The van der Waals surface area contributed by atoms with Crippen LogP contribution in [-0.2, 0) is 11.4 Å². The SMILES string of the molecule is Cc1c(Cl)cccc1N=C1NC(=O)/C(=C\c2ccc(OCc3ccc4ccccc4c3)cc2)S1. The Morgan fingerprint density at radius 2 is 1.76 bits per heavy atom. The normalized spacial score (nSPS) is 15.8. The van der Waals surface area contributed by atoms with Crippen LogP contribution in [0.3, 0.4) is 0 Å². The molecule has 1 N–H and O–H groups in total. The predicted octanol–water partition coefficient (Wildman–Crippen LogP) is 7.27. The van der Waals surface area contributed by atoms with Crippen molar-refractivity contribution in [3.8, 4) is 5.75 Å². The van der Waals surface area contributed by atoms with Crippen LogP contribution < -0.4 is 10.1 Å². The van der Waals surface area contributed by atoms with Crippen molar-refractivity contribution in [2.75, 3.05) is 0 Å². The van der Waals surface area contributed by atoms with Crippen molar-refractivity contribution in [1.29, 1.82) is 0 Å². The third kappa shape index (κ3) is 5.01. The molecule has 168 valence electrons. The highest BCUT2D eigenvalue weighted by Crippen LogP contribution is 2.31. The van der Waals surface area contributed by atoms with Gasteiger partial charge in [0.2, 0.25) is 0 Å². The van der Waals surface area contributed by atoms with Crippen LogP contribution in [0.5, 0.6) is 5.75 Å². The van der Waals surface area contributed by atoms with E-state index in [0.29, 0.717) is 21.7 Å². The van der Waals surface area contributed by atoms with Gasteiger partial charge in [-0.1, -0.05) is 66.2 Å². The van der Waals surface area contributed by atoms with E-state index in [1.54, 1.807) is 0 Å². The smallest absolute Gasteiger partial charge is 0.264 e. The molecule has 1 fully saturated rings. The van der Waals surface area contributed by atoms with E-state index in [1.807, 2.05) is 67.6 Å². The third-order valence-corrected chi connectivity index (χ3v) is 6.83. The number of hydrogen-bond donors (Lipinski definition) is 1. The summed E-state index contributed by atoms with van der Waals surface area (Å²) in [6.07, 6.45) is 1.85. The summed E-state index contributed by atoms with van der Waals surface area (Å²) in [5.41, 5.74) is 3.65. The topological polar surface area (TPSA) is 50.7 Å². The second kappa shape index (κ2) is 9.75. The lowest BCUT2D eigenvalue weighted by molar-refractivity contribution is -0.115. The Hall–Kier alpha value is -3.54. The molecule has 1 amide bonds. The zero-order chi connectivity index (χ0) is 23.5. The first-order valence-corrected chi connectivity index (χ1v) is 12.0. The molecule has 4 nitrogen and oxygen atoms in total. The summed E-state index contributed by atoms with van der Waals surface area (Å²) in [4.78, 5) is 17.6. The molecule has 6 heteroatoms. The second-order valence-corrected chi connectivity index (χ2v) is 9.34. The van der Waals surface area contributed by atoms with E-state index >= 15 is 0 Å². The fourth-order valence-corrected chi connectivity index (χ4v) is 4.62. The lowest BCUT2D eigenvalue weighted by Crippen LogP contribution is -2.19. The Morgan fingerprint density at radius 3 is 2.59 bits per heavy atom. The molecule has 1 aliphatic rings. The minimum absolute atomic E-state index is 0.167. The van der Waals surface area contributed by atoms with E-state index in [0.717, 1.165) is 28.1 Å². The largest absolute Gasteiger partial charge is 0.489 e. The Labute approximate surface area is 207 Å². The molecule has 5 rings (SSSR count). The molecule has 0 aromatic heterocycles. The molecular weight excluding hydrogens is 464 g/mol. The van der Waals surface area contributed by atoms with Gasteiger partial charge in [-0.2, -0.15) is 0 Å². The Morgan fingerprint density at radius 1 is 0.971 bits per heavy atom. The molecule has 4 aromatic rings. The van der Waals surface area contributed by atoms with E-state index in [-0.39, 0.29) is 5.91 Å². The summed E-state index contributed by atoms with van der Waals surface area (Å²) in [6.45, 7) is 2.40. The number of nitrogens with one attached hydrogen (secondary N) is 1. The molecule has 34 heavy (non-hydrogen) atoms. The van der Waals surface area contributed by atoms with Gasteiger partial charge >= 0.3 is 0 Å². The molecular formula is C28H21ClN2O2S. The Balaban J connectivity index is 1.25. The molecule has 0 bridgehead atoms. The number of fused-ring (bicyclic) bond motifs is 1. The van der Waals surface area contributed by atoms with Crippen molar-refractivity contribution < 1.29 is 9.53 Å². The number of halogens is 1. The van der Waals surface area contributed by atoms with E-state index in [9.17, 15) is 4.79 Å². The summed E-state index contributed by atoms with van der Waals surface area (Å²) < 4.78 is 5.96. The van der Waals surface area contributed by atoms with Gasteiger partial charge in [-0.05, 0) is 82.6 Å². The van der Waals surface area contributed by atoms with E-state index in [1.165, 1.54) is 22.5 Å². The second-order valence-electron chi connectivity index (χ2n) is 7.90. The van der Waals surface area contributed by atoms with E-state index in [2.05, 4.69) is 40.6 Å². The summed E-state index contributed by atoms with van der Waals surface area (Å²) in [5.74, 6) is 0.609. The first-order valence-electron chi connectivity index (χ1n) is 10.8. The zero-order valence-electron chi connectivity index (χ0n) is 18.4. The van der Waals surface area contributed by atoms with Crippen LogP contribution in [0.2, 0.25) is 5.02 Å². The molecule has 1 aliphatic heterocycles. The average molecular weight is 485 g/mol. The molecule has 0 unspecified atom stereocenters. The van der Waals surface area contributed by atoms with Crippen molar-refractivity contribution >= 4 is 57.0 Å². The maximum absolute atomic E-state index is 12.4. The van der Waals surface area contributed by atoms with Crippen LogP contribution >= 0.6 is 23.4 Å². The Kier molecular flexibility index (Phi) is 6.39. The number of carbonyl (C=O) groups is 1. The number of nitrogens with zero attached hydrogens (tertiary/aromatic N) is 1. The minimum Gasteiger partial charge on any atom is -0.489 e. The molecule has 0 radical (unpaired) electrons. The predicted molar refractivity (Wildman–Crippen MR) is 142 cm³/mol. The quantitative estimate of drug-likeness (QED) is 0.303. The highest BCUT2D eigenvalue weighted by molar-refractivity contribution is 8.18. The number of carbonyl (C=O) groups excluding carboxylic acids is 1. The highest BCUT2D eigenvalue weighted by atomic mass is 35.5. The minimum atomic E-state index is -0.167. The lowest BCUT2D eigenvalue weighted by Gasteiger charge is -2.08.